The summed E-state index contributed by atoms with van der Waals surface area (Å²) in [6, 6.07) is 19.1. The number of nitrogens with zero attached hydrogens (tertiary/aromatic N) is 8. The third-order valence-electron chi connectivity index (χ3n) is 3.18. The van der Waals surface area contributed by atoms with Crippen LogP contribution in [-0.2, 0) is 0 Å². The molecule has 0 aliphatic heterocycles. The van der Waals surface area contributed by atoms with E-state index in [0.717, 1.165) is 11.1 Å². The zero-order valence-electron chi connectivity index (χ0n) is 13.2. The van der Waals surface area contributed by atoms with Crippen molar-refractivity contribution < 1.29 is 0 Å². The minimum Gasteiger partial charge on any atom is -0.125 e. The van der Waals surface area contributed by atoms with Crippen LogP contribution in [0.1, 0.15) is 0 Å². The topological polar surface area (TPSA) is 103 Å². The molecule has 2 aromatic carbocycles. The van der Waals surface area contributed by atoms with E-state index in [1.807, 2.05) is 60.7 Å². The zero-order chi connectivity index (χ0) is 17.6. The SMILES string of the molecule is c1ccc(-c2nnc(SSc3nnc(-c4ccccc4)nn3)nn2)cc1. The van der Waals surface area contributed by atoms with Crippen LogP contribution in [0.2, 0.25) is 0 Å². The Bertz CT molecular complexity index is 883. The Morgan fingerprint density at radius 1 is 0.423 bits per heavy atom. The number of benzene rings is 2. The highest BCUT2D eigenvalue weighted by Crippen LogP contribution is 2.32. The van der Waals surface area contributed by atoms with Gasteiger partial charge in [0.25, 0.3) is 0 Å². The van der Waals surface area contributed by atoms with E-state index in [4.69, 9.17) is 0 Å². The molecule has 0 atom stereocenters. The van der Waals surface area contributed by atoms with E-state index < -0.39 is 0 Å². The van der Waals surface area contributed by atoms with Crippen LogP contribution < -0.4 is 0 Å². The summed E-state index contributed by atoms with van der Waals surface area (Å²) < 4.78 is 0. The quantitative estimate of drug-likeness (QED) is 0.481. The van der Waals surface area contributed by atoms with Gasteiger partial charge in [-0.15, -0.1) is 40.8 Å². The Balaban J connectivity index is 1.40. The summed E-state index contributed by atoms with van der Waals surface area (Å²) in [6.45, 7) is 0. The van der Waals surface area contributed by atoms with Crippen molar-refractivity contribution in [3.8, 4) is 22.8 Å². The van der Waals surface area contributed by atoms with Gasteiger partial charge in [0.1, 0.15) is 0 Å². The third-order valence-corrected chi connectivity index (χ3v) is 5.03. The monoisotopic (exact) mass is 378 g/mol. The second-order valence-electron chi connectivity index (χ2n) is 4.91. The van der Waals surface area contributed by atoms with Crippen LogP contribution in [0.5, 0.6) is 0 Å². The Kier molecular flexibility index (Phi) is 5.03. The summed E-state index contributed by atoms with van der Waals surface area (Å²) in [7, 11) is 2.49. The molecule has 0 bridgehead atoms. The predicted octanol–water partition coefficient (Wildman–Crippen LogP) is 2.98. The van der Waals surface area contributed by atoms with Crippen LogP contribution in [0.25, 0.3) is 22.8 Å². The molecular formula is C16H10N8S2. The van der Waals surface area contributed by atoms with E-state index >= 15 is 0 Å². The van der Waals surface area contributed by atoms with Gasteiger partial charge < -0.3 is 0 Å². The van der Waals surface area contributed by atoms with Crippen molar-refractivity contribution in [2.45, 2.75) is 10.3 Å². The van der Waals surface area contributed by atoms with Crippen molar-refractivity contribution in [3.05, 3.63) is 60.7 Å². The summed E-state index contributed by atoms with van der Waals surface area (Å²) >= 11 is 0. The van der Waals surface area contributed by atoms with Crippen LogP contribution in [0.15, 0.2) is 71.0 Å². The van der Waals surface area contributed by atoms with Crippen molar-refractivity contribution in [1.82, 2.24) is 40.8 Å². The second kappa shape index (κ2) is 7.93. The lowest BCUT2D eigenvalue weighted by Crippen LogP contribution is -1.99. The molecule has 126 valence electrons. The molecule has 0 radical (unpaired) electrons. The van der Waals surface area contributed by atoms with E-state index in [9.17, 15) is 0 Å². The van der Waals surface area contributed by atoms with Gasteiger partial charge in [-0.05, 0) is 21.6 Å². The van der Waals surface area contributed by atoms with Gasteiger partial charge in [0.05, 0.1) is 0 Å². The van der Waals surface area contributed by atoms with Crippen LogP contribution >= 0.6 is 21.6 Å². The summed E-state index contributed by atoms with van der Waals surface area (Å²) in [6.07, 6.45) is 0. The minimum absolute atomic E-state index is 0.408. The molecule has 0 N–H and O–H groups in total. The first-order valence-corrected chi connectivity index (χ1v) is 9.63. The number of hydrogen-bond donors (Lipinski definition) is 0. The number of aromatic nitrogens is 8. The Hall–Kier alpha value is -2.98. The molecular weight excluding hydrogens is 368 g/mol. The Labute approximate surface area is 156 Å². The van der Waals surface area contributed by atoms with Gasteiger partial charge in [-0.25, -0.2) is 0 Å². The highest BCUT2D eigenvalue weighted by atomic mass is 33.1. The van der Waals surface area contributed by atoms with Gasteiger partial charge >= 0.3 is 0 Å². The van der Waals surface area contributed by atoms with Crippen LogP contribution in [0.4, 0.5) is 0 Å². The highest BCUT2D eigenvalue weighted by Gasteiger charge is 2.09. The molecule has 0 spiro atoms. The fourth-order valence-electron chi connectivity index (χ4n) is 1.99. The van der Waals surface area contributed by atoms with Gasteiger partial charge in [0, 0.05) is 11.1 Å². The smallest absolute Gasteiger partial charge is 0.125 e. The molecule has 2 aromatic heterocycles. The lowest BCUT2D eigenvalue weighted by Gasteiger charge is -2.00. The maximum absolute atomic E-state index is 4.09. The standard InChI is InChI=1S/C16H10N8S2/c1-3-7-11(8-4-1)13-17-21-15(22-18-13)25-26-16-23-19-14(20-24-16)12-9-5-2-6-10-12/h1-10H. The van der Waals surface area contributed by atoms with Crippen molar-refractivity contribution in [1.29, 1.82) is 0 Å². The lowest BCUT2D eigenvalue weighted by molar-refractivity contribution is 0.753. The molecule has 2 heterocycles. The van der Waals surface area contributed by atoms with Crippen molar-refractivity contribution >= 4 is 21.6 Å². The predicted molar refractivity (Wildman–Crippen MR) is 97.8 cm³/mol. The van der Waals surface area contributed by atoms with Gasteiger partial charge in [0.15, 0.2) is 0 Å². The number of rotatable bonds is 5. The first kappa shape index (κ1) is 16.5. The Morgan fingerprint density at radius 2 is 0.769 bits per heavy atom. The first-order chi connectivity index (χ1) is 12.9. The first-order valence-electron chi connectivity index (χ1n) is 7.49. The highest BCUT2D eigenvalue weighted by molar-refractivity contribution is 8.76. The molecule has 0 aliphatic carbocycles. The molecule has 8 nitrogen and oxygen atoms in total. The fraction of sp³-hybridized carbons (Fsp3) is 0. The van der Waals surface area contributed by atoms with Crippen LogP contribution in [0, 0.1) is 0 Å². The average Bonchev–Trinajstić information content (AvgIpc) is 2.74. The maximum Gasteiger partial charge on any atom is 0.240 e. The van der Waals surface area contributed by atoms with Crippen LogP contribution in [-0.4, -0.2) is 40.8 Å². The van der Waals surface area contributed by atoms with Crippen molar-refractivity contribution in [2.75, 3.05) is 0 Å². The van der Waals surface area contributed by atoms with E-state index in [-0.39, 0.29) is 0 Å². The number of hydrogen-bond acceptors (Lipinski definition) is 10. The second-order valence-corrected chi connectivity index (χ2v) is 6.97. The van der Waals surface area contributed by atoms with Gasteiger partial charge in [-0.3, -0.25) is 0 Å². The summed E-state index contributed by atoms with van der Waals surface area (Å²) in [4.78, 5) is 0. The normalized spacial score (nSPS) is 10.6. The molecule has 0 saturated heterocycles. The fourth-order valence-corrected chi connectivity index (χ4v) is 3.28. The van der Waals surface area contributed by atoms with E-state index in [0.29, 0.717) is 22.0 Å². The molecule has 0 unspecified atom stereocenters. The third kappa shape index (κ3) is 3.98. The molecule has 4 rings (SSSR count). The molecule has 0 saturated carbocycles. The van der Waals surface area contributed by atoms with E-state index in [1.54, 1.807) is 0 Å². The van der Waals surface area contributed by atoms with Crippen molar-refractivity contribution in [2.24, 2.45) is 0 Å². The summed E-state index contributed by atoms with van der Waals surface area (Å²) in [5.41, 5.74) is 1.73. The zero-order valence-corrected chi connectivity index (χ0v) is 14.8. The van der Waals surface area contributed by atoms with Gasteiger partial charge in [-0.1, -0.05) is 60.7 Å². The Morgan fingerprint density at radius 3 is 1.12 bits per heavy atom. The lowest BCUT2D eigenvalue weighted by atomic mass is 10.2. The van der Waals surface area contributed by atoms with E-state index in [1.165, 1.54) is 21.6 Å². The summed E-state index contributed by atoms with van der Waals surface area (Å²) in [5, 5.41) is 33.4. The molecule has 4 aromatic rings. The largest absolute Gasteiger partial charge is 0.240 e. The molecule has 0 fully saturated rings. The minimum atomic E-state index is 0.408. The molecule has 26 heavy (non-hydrogen) atoms. The van der Waals surface area contributed by atoms with Crippen molar-refractivity contribution in [3.63, 3.8) is 0 Å². The molecule has 10 heteroatoms. The maximum atomic E-state index is 4.09. The molecule has 0 aliphatic rings. The van der Waals surface area contributed by atoms with Gasteiger partial charge in [-0.2, -0.15) is 0 Å². The summed E-state index contributed by atoms with van der Waals surface area (Å²) in [5.74, 6) is 0.957. The van der Waals surface area contributed by atoms with E-state index in [2.05, 4.69) is 40.8 Å². The molecule has 0 amide bonds. The van der Waals surface area contributed by atoms with Crippen LogP contribution in [0.3, 0.4) is 0 Å². The average molecular weight is 378 g/mol. The van der Waals surface area contributed by atoms with Gasteiger partial charge in [0.2, 0.25) is 22.0 Å².